The van der Waals surface area contributed by atoms with Crippen LogP contribution in [0.4, 0.5) is 5.69 Å². The molecule has 1 heterocycles. The minimum absolute atomic E-state index is 0.0528. The van der Waals surface area contributed by atoms with Gasteiger partial charge in [-0.15, -0.1) is 0 Å². The molecule has 5 nitrogen and oxygen atoms in total. The molecule has 0 atom stereocenters. The summed E-state index contributed by atoms with van der Waals surface area (Å²) in [6, 6.07) is 8.64. The van der Waals surface area contributed by atoms with Crippen molar-refractivity contribution >= 4 is 5.69 Å². The highest BCUT2D eigenvalue weighted by Gasteiger charge is 2.07. The zero-order chi connectivity index (χ0) is 13.1. The third-order valence-corrected chi connectivity index (χ3v) is 2.48. The second kappa shape index (κ2) is 4.83. The molecule has 1 aromatic carbocycles. The standard InChI is InChI=1S/C13H12N2O3/c1-9-3-5-12(10(2)7-9)18-13-6-4-11(8-14-13)15(16)17/h3-8H,1-2H3. The molecule has 0 radical (unpaired) electrons. The van der Waals surface area contributed by atoms with E-state index in [1.54, 1.807) is 0 Å². The maximum absolute atomic E-state index is 10.5. The molecule has 0 N–H and O–H groups in total. The average Bonchev–Trinajstić information content (AvgIpc) is 2.33. The van der Waals surface area contributed by atoms with E-state index in [1.165, 1.54) is 18.3 Å². The van der Waals surface area contributed by atoms with E-state index in [0.717, 1.165) is 11.1 Å². The first-order chi connectivity index (χ1) is 8.56. The molecule has 0 bridgehead atoms. The lowest BCUT2D eigenvalue weighted by molar-refractivity contribution is -0.385. The lowest BCUT2D eigenvalue weighted by Crippen LogP contribution is -1.93. The quantitative estimate of drug-likeness (QED) is 0.613. The molecule has 0 saturated heterocycles. The normalized spacial score (nSPS) is 10.1. The van der Waals surface area contributed by atoms with Crippen molar-refractivity contribution < 1.29 is 9.66 Å². The van der Waals surface area contributed by atoms with Crippen LogP contribution in [0, 0.1) is 24.0 Å². The monoisotopic (exact) mass is 244 g/mol. The van der Waals surface area contributed by atoms with Crippen molar-refractivity contribution in [3.8, 4) is 11.6 Å². The van der Waals surface area contributed by atoms with Gasteiger partial charge in [0.2, 0.25) is 5.88 Å². The van der Waals surface area contributed by atoms with Crippen molar-refractivity contribution in [2.45, 2.75) is 13.8 Å². The zero-order valence-electron chi connectivity index (χ0n) is 10.1. The molecule has 0 spiro atoms. The van der Waals surface area contributed by atoms with E-state index in [0.29, 0.717) is 11.6 Å². The molecule has 0 amide bonds. The van der Waals surface area contributed by atoms with E-state index in [-0.39, 0.29) is 5.69 Å². The summed E-state index contributed by atoms with van der Waals surface area (Å²) in [4.78, 5) is 13.9. The van der Waals surface area contributed by atoms with Gasteiger partial charge in [0, 0.05) is 12.1 Å². The van der Waals surface area contributed by atoms with Crippen molar-refractivity contribution in [3.05, 3.63) is 57.8 Å². The molecule has 0 aliphatic carbocycles. The van der Waals surface area contributed by atoms with Gasteiger partial charge < -0.3 is 4.74 Å². The molecule has 0 unspecified atom stereocenters. The first kappa shape index (κ1) is 12.0. The molecule has 0 saturated carbocycles. The van der Waals surface area contributed by atoms with Gasteiger partial charge in [-0.3, -0.25) is 10.1 Å². The molecule has 2 rings (SSSR count). The minimum Gasteiger partial charge on any atom is -0.439 e. The summed E-state index contributed by atoms with van der Waals surface area (Å²) in [6.07, 6.45) is 1.18. The van der Waals surface area contributed by atoms with Crippen molar-refractivity contribution in [1.29, 1.82) is 0 Å². The Balaban J connectivity index is 2.21. The highest BCUT2D eigenvalue weighted by atomic mass is 16.6. The summed E-state index contributed by atoms with van der Waals surface area (Å²) in [5.41, 5.74) is 2.09. The van der Waals surface area contributed by atoms with E-state index in [1.807, 2.05) is 32.0 Å². The predicted octanol–water partition coefficient (Wildman–Crippen LogP) is 3.40. The van der Waals surface area contributed by atoms with Crippen LogP contribution in [-0.2, 0) is 0 Å². The van der Waals surface area contributed by atoms with Crippen molar-refractivity contribution in [2.75, 3.05) is 0 Å². The number of rotatable bonds is 3. The van der Waals surface area contributed by atoms with Gasteiger partial charge in [-0.25, -0.2) is 4.98 Å². The van der Waals surface area contributed by atoms with Gasteiger partial charge in [0.25, 0.3) is 5.69 Å². The van der Waals surface area contributed by atoms with Crippen molar-refractivity contribution in [2.24, 2.45) is 0 Å². The number of aromatic nitrogens is 1. The number of hydrogen-bond donors (Lipinski definition) is 0. The number of nitrogens with zero attached hydrogens (tertiary/aromatic N) is 2. The summed E-state index contributed by atoms with van der Waals surface area (Å²) in [6.45, 7) is 3.94. The van der Waals surface area contributed by atoms with Gasteiger partial charge in [0.1, 0.15) is 11.9 Å². The average molecular weight is 244 g/mol. The van der Waals surface area contributed by atoms with E-state index < -0.39 is 4.92 Å². The van der Waals surface area contributed by atoms with Gasteiger partial charge >= 0.3 is 0 Å². The first-order valence-electron chi connectivity index (χ1n) is 5.42. The highest BCUT2D eigenvalue weighted by molar-refractivity contribution is 5.38. The van der Waals surface area contributed by atoms with E-state index in [2.05, 4.69) is 4.98 Å². The van der Waals surface area contributed by atoms with Crippen LogP contribution < -0.4 is 4.74 Å². The topological polar surface area (TPSA) is 65.3 Å². The summed E-state index contributed by atoms with van der Waals surface area (Å²) in [7, 11) is 0. The molecule has 2 aromatic rings. The Kier molecular flexibility index (Phi) is 3.23. The van der Waals surface area contributed by atoms with Crippen molar-refractivity contribution in [1.82, 2.24) is 4.98 Å². The van der Waals surface area contributed by atoms with Crippen LogP contribution in [0.2, 0.25) is 0 Å². The molecule has 0 fully saturated rings. The van der Waals surface area contributed by atoms with E-state index >= 15 is 0 Å². The summed E-state index contributed by atoms with van der Waals surface area (Å²) in [5.74, 6) is 1.04. The number of benzene rings is 1. The van der Waals surface area contributed by atoms with Gasteiger partial charge in [0.05, 0.1) is 4.92 Å². The molecule has 0 aliphatic rings. The summed E-state index contributed by atoms with van der Waals surface area (Å²) >= 11 is 0. The first-order valence-corrected chi connectivity index (χ1v) is 5.42. The Bertz CT molecular complexity index is 579. The minimum atomic E-state index is -0.492. The Morgan fingerprint density at radius 1 is 1.22 bits per heavy atom. The van der Waals surface area contributed by atoms with E-state index in [4.69, 9.17) is 4.74 Å². The summed E-state index contributed by atoms with van der Waals surface area (Å²) in [5, 5.41) is 10.5. The molecular formula is C13H12N2O3. The third-order valence-electron chi connectivity index (χ3n) is 2.48. The molecule has 5 heteroatoms. The number of hydrogen-bond acceptors (Lipinski definition) is 4. The number of nitro groups is 1. The lowest BCUT2D eigenvalue weighted by atomic mass is 10.1. The molecule has 92 valence electrons. The van der Waals surface area contributed by atoms with Crippen LogP contribution in [0.5, 0.6) is 11.6 Å². The van der Waals surface area contributed by atoms with Crippen LogP contribution >= 0.6 is 0 Å². The van der Waals surface area contributed by atoms with Crippen LogP contribution in [0.1, 0.15) is 11.1 Å². The van der Waals surface area contributed by atoms with E-state index in [9.17, 15) is 10.1 Å². The maximum atomic E-state index is 10.5. The fourth-order valence-electron chi connectivity index (χ4n) is 1.57. The fraction of sp³-hybridized carbons (Fsp3) is 0.154. The largest absolute Gasteiger partial charge is 0.439 e. The molecule has 0 aliphatic heterocycles. The van der Waals surface area contributed by atoms with Gasteiger partial charge in [-0.2, -0.15) is 0 Å². The Morgan fingerprint density at radius 2 is 2.00 bits per heavy atom. The van der Waals surface area contributed by atoms with Gasteiger partial charge in [0.15, 0.2) is 0 Å². The predicted molar refractivity (Wildman–Crippen MR) is 66.9 cm³/mol. The molecule has 1 aromatic heterocycles. The van der Waals surface area contributed by atoms with Crippen LogP contribution in [0.15, 0.2) is 36.5 Å². The van der Waals surface area contributed by atoms with Crippen LogP contribution in [-0.4, -0.2) is 9.91 Å². The third kappa shape index (κ3) is 2.63. The number of ether oxygens (including phenoxy) is 1. The molecular weight excluding hydrogens is 232 g/mol. The number of pyridine rings is 1. The smallest absolute Gasteiger partial charge is 0.287 e. The highest BCUT2D eigenvalue weighted by Crippen LogP contribution is 2.25. The SMILES string of the molecule is Cc1ccc(Oc2ccc([N+](=O)[O-])cn2)c(C)c1. The lowest BCUT2D eigenvalue weighted by Gasteiger charge is -2.07. The number of aryl methyl sites for hydroxylation is 2. The Hall–Kier alpha value is -2.43. The zero-order valence-corrected chi connectivity index (χ0v) is 10.1. The maximum Gasteiger partial charge on any atom is 0.287 e. The Morgan fingerprint density at radius 3 is 2.56 bits per heavy atom. The fourth-order valence-corrected chi connectivity index (χ4v) is 1.57. The van der Waals surface area contributed by atoms with Crippen molar-refractivity contribution in [3.63, 3.8) is 0 Å². The van der Waals surface area contributed by atoms with Crippen LogP contribution in [0.3, 0.4) is 0 Å². The van der Waals surface area contributed by atoms with Gasteiger partial charge in [-0.05, 0) is 25.5 Å². The van der Waals surface area contributed by atoms with Gasteiger partial charge in [-0.1, -0.05) is 17.7 Å². The van der Waals surface area contributed by atoms with Crippen LogP contribution in [0.25, 0.3) is 0 Å². The summed E-state index contributed by atoms with van der Waals surface area (Å²) < 4.78 is 5.57. The Labute approximate surface area is 104 Å². The molecule has 18 heavy (non-hydrogen) atoms. The second-order valence-corrected chi connectivity index (χ2v) is 3.98. The second-order valence-electron chi connectivity index (χ2n) is 3.98.